The highest BCUT2D eigenvalue weighted by Crippen LogP contribution is 2.39. The first-order valence-electron chi connectivity index (χ1n) is 5.69. The Morgan fingerprint density at radius 1 is 1.29 bits per heavy atom. The lowest BCUT2D eigenvalue weighted by Gasteiger charge is -2.13. The predicted molar refractivity (Wildman–Crippen MR) is 58.7 cm³/mol. The van der Waals surface area contributed by atoms with E-state index in [9.17, 15) is 18.3 Å². The van der Waals surface area contributed by atoms with Crippen molar-refractivity contribution in [3.63, 3.8) is 0 Å². The van der Waals surface area contributed by atoms with Crippen LogP contribution < -0.4 is 0 Å². The summed E-state index contributed by atoms with van der Waals surface area (Å²) >= 11 is 0. The molecule has 1 aromatic rings. The topological polar surface area (TPSA) is 20.2 Å². The van der Waals surface area contributed by atoms with Gasteiger partial charge in [-0.3, -0.25) is 0 Å². The molecular weight excluding hydrogens is 229 g/mol. The third-order valence-electron chi connectivity index (χ3n) is 3.31. The van der Waals surface area contributed by atoms with E-state index < -0.39 is 17.3 Å². The van der Waals surface area contributed by atoms with E-state index in [1.165, 1.54) is 19.1 Å². The quantitative estimate of drug-likeness (QED) is 0.863. The minimum absolute atomic E-state index is 0.242. The van der Waals surface area contributed by atoms with Gasteiger partial charge in [0.2, 0.25) is 0 Å². The van der Waals surface area contributed by atoms with Crippen molar-refractivity contribution in [2.75, 3.05) is 0 Å². The van der Waals surface area contributed by atoms with Crippen LogP contribution in [0.25, 0.3) is 0 Å². The molecule has 0 radical (unpaired) electrons. The van der Waals surface area contributed by atoms with E-state index in [0.717, 1.165) is 12.8 Å². The van der Waals surface area contributed by atoms with Crippen molar-refractivity contribution in [3.8, 4) is 0 Å². The molecule has 1 nitrogen and oxygen atoms in total. The molecule has 1 aliphatic carbocycles. The molecule has 2 rings (SSSR count). The molecule has 17 heavy (non-hydrogen) atoms. The lowest BCUT2D eigenvalue weighted by atomic mass is 10.00. The molecule has 1 aliphatic rings. The van der Waals surface area contributed by atoms with Crippen molar-refractivity contribution in [3.05, 3.63) is 34.9 Å². The van der Waals surface area contributed by atoms with E-state index in [4.69, 9.17) is 0 Å². The smallest absolute Gasteiger partial charge is 0.390 e. The van der Waals surface area contributed by atoms with Crippen LogP contribution >= 0.6 is 0 Å². The van der Waals surface area contributed by atoms with Crippen molar-refractivity contribution < 1.29 is 18.3 Å². The molecule has 0 heterocycles. The summed E-state index contributed by atoms with van der Waals surface area (Å²) < 4.78 is 38.0. The first-order valence-corrected chi connectivity index (χ1v) is 5.69. The van der Waals surface area contributed by atoms with Crippen LogP contribution in [0.1, 0.15) is 36.0 Å². The summed E-state index contributed by atoms with van der Waals surface area (Å²) in [6.07, 6.45) is -1.71. The van der Waals surface area contributed by atoms with Crippen LogP contribution in [0.15, 0.2) is 18.2 Å². The first kappa shape index (κ1) is 12.4. The number of aryl methyl sites for hydroxylation is 2. The number of hydrogen-bond donors (Lipinski definition) is 1. The number of benzene rings is 1. The number of aliphatic hydroxyl groups is 1. The van der Waals surface area contributed by atoms with Crippen LogP contribution in [0.4, 0.5) is 13.2 Å². The molecule has 0 aromatic heterocycles. The Labute approximate surface area is 98.3 Å². The summed E-state index contributed by atoms with van der Waals surface area (Å²) in [6.45, 7) is 1.46. The van der Waals surface area contributed by atoms with Gasteiger partial charge in [0, 0.05) is 0 Å². The molecule has 0 saturated heterocycles. The van der Waals surface area contributed by atoms with Gasteiger partial charge in [-0.1, -0.05) is 12.1 Å². The van der Waals surface area contributed by atoms with Gasteiger partial charge in [-0.15, -0.1) is 0 Å². The maximum Gasteiger partial charge on any atom is 0.416 e. The highest BCUT2D eigenvalue weighted by atomic mass is 19.4. The molecule has 1 saturated carbocycles. The Hall–Kier alpha value is -1.03. The fourth-order valence-corrected chi connectivity index (χ4v) is 1.90. The second kappa shape index (κ2) is 4.02. The normalized spacial score (nSPS) is 18.2. The second-order valence-electron chi connectivity index (χ2n) is 4.87. The van der Waals surface area contributed by atoms with Gasteiger partial charge in [0.25, 0.3) is 0 Å². The van der Waals surface area contributed by atoms with E-state index in [-0.39, 0.29) is 5.56 Å². The standard InChI is InChI=1S/C13H15F3O/c1-9-2-3-10(4-5-12(17)6-7-12)8-11(9)13(14,15)16/h2-3,8,17H,4-7H2,1H3. The molecule has 4 heteroatoms. The van der Waals surface area contributed by atoms with Gasteiger partial charge in [-0.25, -0.2) is 0 Å². The van der Waals surface area contributed by atoms with E-state index in [1.807, 2.05) is 0 Å². The summed E-state index contributed by atoms with van der Waals surface area (Å²) in [7, 11) is 0. The first-order chi connectivity index (χ1) is 7.80. The Morgan fingerprint density at radius 2 is 1.94 bits per heavy atom. The molecule has 0 amide bonds. The zero-order valence-electron chi connectivity index (χ0n) is 9.64. The molecule has 1 N–H and O–H groups in total. The minimum Gasteiger partial charge on any atom is -0.390 e. The van der Waals surface area contributed by atoms with Gasteiger partial charge in [0.1, 0.15) is 0 Å². The number of rotatable bonds is 3. The van der Waals surface area contributed by atoms with Crippen LogP contribution in [-0.2, 0) is 12.6 Å². The van der Waals surface area contributed by atoms with Crippen LogP contribution in [0.2, 0.25) is 0 Å². The molecule has 94 valence electrons. The average Bonchev–Trinajstić information content (AvgIpc) is 2.94. The molecule has 0 bridgehead atoms. The largest absolute Gasteiger partial charge is 0.416 e. The lowest BCUT2D eigenvalue weighted by Crippen LogP contribution is -2.10. The Bertz CT molecular complexity index is 419. The monoisotopic (exact) mass is 244 g/mol. The van der Waals surface area contributed by atoms with Crippen molar-refractivity contribution in [2.45, 2.75) is 44.4 Å². The minimum atomic E-state index is -4.30. The van der Waals surface area contributed by atoms with Crippen LogP contribution in [-0.4, -0.2) is 10.7 Å². The van der Waals surface area contributed by atoms with Gasteiger partial charge in [-0.2, -0.15) is 13.2 Å². The number of alkyl halides is 3. The summed E-state index contributed by atoms with van der Waals surface area (Å²) in [6, 6.07) is 4.40. The SMILES string of the molecule is Cc1ccc(CCC2(O)CC2)cc1C(F)(F)F. The Kier molecular flexibility index (Phi) is 2.94. The van der Waals surface area contributed by atoms with Crippen molar-refractivity contribution in [1.29, 1.82) is 0 Å². The number of halogens is 3. The van der Waals surface area contributed by atoms with E-state index >= 15 is 0 Å². The Morgan fingerprint density at radius 3 is 2.47 bits per heavy atom. The maximum absolute atomic E-state index is 12.7. The highest BCUT2D eigenvalue weighted by molar-refractivity contribution is 5.33. The zero-order chi connectivity index (χ0) is 12.7. The predicted octanol–water partition coefficient (Wildman–Crippen LogP) is 3.47. The van der Waals surface area contributed by atoms with Crippen LogP contribution in [0, 0.1) is 6.92 Å². The molecule has 1 fully saturated rings. The summed E-state index contributed by atoms with van der Waals surface area (Å²) in [5, 5.41) is 9.65. The lowest BCUT2D eigenvalue weighted by molar-refractivity contribution is -0.138. The fraction of sp³-hybridized carbons (Fsp3) is 0.538. The van der Waals surface area contributed by atoms with Gasteiger partial charge in [0.15, 0.2) is 0 Å². The van der Waals surface area contributed by atoms with E-state index in [0.29, 0.717) is 18.4 Å². The average molecular weight is 244 g/mol. The van der Waals surface area contributed by atoms with Crippen molar-refractivity contribution in [2.24, 2.45) is 0 Å². The fourth-order valence-electron chi connectivity index (χ4n) is 1.90. The van der Waals surface area contributed by atoms with E-state index in [1.54, 1.807) is 6.07 Å². The van der Waals surface area contributed by atoms with Gasteiger partial charge in [-0.05, 0) is 49.8 Å². The summed E-state index contributed by atoms with van der Waals surface area (Å²) in [5.41, 5.74) is -0.295. The Balaban J connectivity index is 2.13. The van der Waals surface area contributed by atoms with Crippen LogP contribution in [0.3, 0.4) is 0 Å². The maximum atomic E-state index is 12.7. The molecule has 0 unspecified atom stereocenters. The zero-order valence-corrected chi connectivity index (χ0v) is 9.64. The van der Waals surface area contributed by atoms with E-state index in [2.05, 4.69) is 0 Å². The summed E-state index contributed by atoms with van der Waals surface area (Å²) in [4.78, 5) is 0. The highest BCUT2D eigenvalue weighted by Gasteiger charge is 2.39. The third-order valence-corrected chi connectivity index (χ3v) is 3.31. The molecule has 0 spiro atoms. The number of hydrogen-bond acceptors (Lipinski definition) is 1. The molecule has 1 aromatic carbocycles. The molecular formula is C13H15F3O. The summed E-state index contributed by atoms with van der Waals surface area (Å²) in [5.74, 6) is 0. The van der Waals surface area contributed by atoms with Crippen LogP contribution in [0.5, 0.6) is 0 Å². The van der Waals surface area contributed by atoms with Gasteiger partial charge in [0.05, 0.1) is 11.2 Å². The molecule has 0 aliphatic heterocycles. The van der Waals surface area contributed by atoms with Crippen molar-refractivity contribution >= 4 is 0 Å². The third kappa shape index (κ3) is 3.00. The van der Waals surface area contributed by atoms with Gasteiger partial charge < -0.3 is 5.11 Å². The van der Waals surface area contributed by atoms with Gasteiger partial charge >= 0.3 is 6.18 Å². The molecule has 0 atom stereocenters. The van der Waals surface area contributed by atoms with Crippen molar-refractivity contribution in [1.82, 2.24) is 0 Å². The second-order valence-corrected chi connectivity index (χ2v) is 4.87.